The summed E-state index contributed by atoms with van der Waals surface area (Å²) in [5.74, 6) is -0.560. The summed E-state index contributed by atoms with van der Waals surface area (Å²) in [5.41, 5.74) is 1.12. The highest BCUT2D eigenvalue weighted by Gasteiger charge is 2.55. The number of alkyl halides is 1. The van der Waals surface area contributed by atoms with E-state index in [1.54, 1.807) is 7.11 Å². The molecule has 0 N–H and O–H groups in total. The Morgan fingerprint density at radius 1 is 1.35 bits per heavy atom. The van der Waals surface area contributed by atoms with E-state index in [4.69, 9.17) is 30.5 Å². The quantitative estimate of drug-likeness (QED) is 0.782. The molecule has 0 radical (unpaired) electrons. The van der Waals surface area contributed by atoms with Crippen LogP contribution in [0.2, 0.25) is 0 Å². The minimum atomic E-state index is -0.823. The molecule has 2 saturated heterocycles. The molecule has 5 heteroatoms. The first-order chi connectivity index (χ1) is 9.77. The van der Waals surface area contributed by atoms with Crippen LogP contribution in [-0.2, 0) is 25.6 Å². The molecule has 2 aliphatic heterocycles. The maximum Gasteiger partial charge on any atom is 0.209 e. The molecule has 2 fully saturated rings. The third kappa shape index (κ3) is 2.59. The summed E-state index contributed by atoms with van der Waals surface area (Å²) in [6, 6.07) is 10.0. The van der Waals surface area contributed by atoms with E-state index in [0.717, 1.165) is 12.0 Å². The minimum absolute atomic E-state index is 0.00499. The number of hydrogen-bond acceptors (Lipinski definition) is 4. The number of hydrogen-bond donors (Lipinski definition) is 0. The fourth-order valence-corrected chi connectivity index (χ4v) is 3.12. The van der Waals surface area contributed by atoms with E-state index < -0.39 is 5.79 Å². The molecule has 0 unspecified atom stereocenters. The lowest BCUT2D eigenvalue weighted by molar-refractivity contribution is -0.266. The average Bonchev–Trinajstić information content (AvgIpc) is 2.89. The summed E-state index contributed by atoms with van der Waals surface area (Å²) < 4.78 is 23.2. The largest absolute Gasteiger partial charge is 0.379 e. The van der Waals surface area contributed by atoms with Crippen LogP contribution in [-0.4, -0.2) is 43.7 Å². The normalized spacial score (nSPS) is 36.2. The van der Waals surface area contributed by atoms with Crippen LogP contribution in [0.5, 0.6) is 0 Å². The first-order valence-electron chi connectivity index (χ1n) is 6.83. The Bertz CT molecular complexity index is 441. The highest BCUT2D eigenvalue weighted by Crippen LogP contribution is 2.40. The van der Waals surface area contributed by atoms with E-state index >= 15 is 0 Å². The second-order valence-corrected chi connectivity index (χ2v) is 5.48. The monoisotopic (exact) mass is 298 g/mol. The zero-order valence-corrected chi connectivity index (χ0v) is 12.2. The van der Waals surface area contributed by atoms with Gasteiger partial charge in [0.25, 0.3) is 0 Å². The van der Waals surface area contributed by atoms with Crippen LogP contribution in [0, 0.1) is 0 Å². The number of halogens is 1. The Kier molecular flexibility index (Phi) is 4.29. The summed E-state index contributed by atoms with van der Waals surface area (Å²) in [4.78, 5) is 0. The van der Waals surface area contributed by atoms with E-state index in [9.17, 15) is 0 Å². The van der Waals surface area contributed by atoms with E-state index in [1.807, 2.05) is 30.3 Å². The molecule has 2 bridgehead atoms. The van der Waals surface area contributed by atoms with Crippen LogP contribution in [0.1, 0.15) is 12.0 Å². The van der Waals surface area contributed by atoms with E-state index in [2.05, 4.69) is 0 Å². The number of rotatable bonds is 5. The van der Waals surface area contributed by atoms with Gasteiger partial charge in [-0.15, -0.1) is 11.6 Å². The van der Waals surface area contributed by atoms with Gasteiger partial charge < -0.3 is 18.9 Å². The molecule has 1 aromatic rings. The Morgan fingerprint density at radius 3 is 2.85 bits per heavy atom. The molecule has 0 saturated carbocycles. The Labute approximate surface area is 123 Å². The van der Waals surface area contributed by atoms with Crippen molar-refractivity contribution in [3.05, 3.63) is 35.9 Å². The molecule has 0 spiro atoms. The number of benzene rings is 1. The molecule has 0 aromatic heterocycles. The molecule has 110 valence electrons. The van der Waals surface area contributed by atoms with Gasteiger partial charge in [-0.05, 0) is 5.56 Å². The lowest BCUT2D eigenvalue weighted by Gasteiger charge is -2.40. The van der Waals surface area contributed by atoms with E-state index in [1.165, 1.54) is 0 Å². The number of ether oxygens (including phenoxy) is 4. The smallest absolute Gasteiger partial charge is 0.209 e. The van der Waals surface area contributed by atoms with Crippen molar-refractivity contribution in [2.45, 2.75) is 37.1 Å². The highest BCUT2D eigenvalue weighted by molar-refractivity contribution is 6.18. The van der Waals surface area contributed by atoms with Crippen LogP contribution < -0.4 is 0 Å². The zero-order valence-electron chi connectivity index (χ0n) is 11.5. The van der Waals surface area contributed by atoms with Gasteiger partial charge in [0.05, 0.1) is 25.2 Å². The van der Waals surface area contributed by atoms with E-state index in [0.29, 0.717) is 13.2 Å². The standard InChI is InChI=1S/C15H19ClO4/c1-17-12-7-14(15(10-16)19-9-13(12)20-15)18-8-11-5-3-2-4-6-11/h2-6,12-14H,7-10H2,1H3/t12-,13+,14+,15+/m1/s1. The summed E-state index contributed by atoms with van der Waals surface area (Å²) >= 11 is 6.06. The van der Waals surface area contributed by atoms with Gasteiger partial charge in [0.1, 0.15) is 12.2 Å². The third-order valence-corrected chi connectivity index (χ3v) is 4.35. The maximum absolute atomic E-state index is 6.06. The summed E-state index contributed by atoms with van der Waals surface area (Å²) in [6.45, 7) is 1.02. The number of fused-ring (bicyclic) bond motifs is 2. The van der Waals surface area contributed by atoms with Gasteiger partial charge in [-0.2, -0.15) is 0 Å². The second kappa shape index (κ2) is 6.00. The minimum Gasteiger partial charge on any atom is -0.379 e. The van der Waals surface area contributed by atoms with Crippen molar-refractivity contribution >= 4 is 11.6 Å². The van der Waals surface area contributed by atoms with Gasteiger partial charge >= 0.3 is 0 Å². The molecule has 2 aliphatic rings. The van der Waals surface area contributed by atoms with Crippen molar-refractivity contribution in [2.24, 2.45) is 0 Å². The van der Waals surface area contributed by atoms with E-state index in [-0.39, 0.29) is 24.2 Å². The van der Waals surface area contributed by atoms with Crippen LogP contribution in [0.15, 0.2) is 30.3 Å². The Hall–Kier alpha value is -0.650. The lowest BCUT2D eigenvalue weighted by atomic mass is 9.98. The molecule has 2 heterocycles. The van der Waals surface area contributed by atoms with Crippen molar-refractivity contribution in [3.8, 4) is 0 Å². The molecule has 1 aromatic carbocycles. The molecule has 3 rings (SSSR count). The van der Waals surface area contributed by atoms with Gasteiger partial charge in [0.15, 0.2) is 0 Å². The molecular formula is C15H19ClO4. The lowest BCUT2D eigenvalue weighted by Crippen LogP contribution is -2.54. The Balaban J connectivity index is 1.69. The van der Waals surface area contributed by atoms with Crippen LogP contribution in [0.25, 0.3) is 0 Å². The molecule has 4 nitrogen and oxygen atoms in total. The molecule has 0 amide bonds. The fourth-order valence-electron chi connectivity index (χ4n) is 2.81. The topological polar surface area (TPSA) is 36.9 Å². The summed E-state index contributed by atoms with van der Waals surface area (Å²) in [5, 5.41) is 0. The van der Waals surface area contributed by atoms with Crippen molar-refractivity contribution in [1.82, 2.24) is 0 Å². The SMILES string of the molecule is CO[C@@H]1C[C@H](OCc2ccccc2)[C@@]2(CCl)OC[C@@H]1O2. The molecule has 4 atom stereocenters. The molecule has 0 aliphatic carbocycles. The second-order valence-electron chi connectivity index (χ2n) is 5.21. The van der Waals surface area contributed by atoms with Crippen molar-refractivity contribution in [2.75, 3.05) is 19.6 Å². The van der Waals surface area contributed by atoms with Crippen molar-refractivity contribution < 1.29 is 18.9 Å². The third-order valence-electron chi connectivity index (χ3n) is 3.98. The van der Waals surface area contributed by atoms with Gasteiger partial charge in [-0.3, -0.25) is 0 Å². The van der Waals surface area contributed by atoms with Crippen LogP contribution >= 0.6 is 11.6 Å². The summed E-state index contributed by atoms with van der Waals surface area (Å²) in [7, 11) is 1.69. The van der Waals surface area contributed by atoms with Gasteiger partial charge in [0, 0.05) is 13.5 Å². The maximum atomic E-state index is 6.06. The zero-order chi connectivity index (χ0) is 14.0. The van der Waals surface area contributed by atoms with Crippen molar-refractivity contribution in [3.63, 3.8) is 0 Å². The predicted molar refractivity (Wildman–Crippen MR) is 74.7 cm³/mol. The van der Waals surface area contributed by atoms with Gasteiger partial charge in [0.2, 0.25) is 5.79 Å². The first-order valence-corrected chi connectivity index (χ1v) is 7.37. The average molecular weight is 299 g/mol. The van der Waals surface area contributed by atoms with Crippen molar-refractivity contribution in [1.29, 1.82) is 0 Å². The molecular weight excluding hydrogens is 280 g/mol. The Morgan fingerprint density at radius 2 is 2.15 bits per heavy atom. The molecule has 20 heavy (non-hydrogen) atoms. The van der Waals surface area contributed by atoms with Crippen LogP contribution in [0.3, 0.4) is 0 Å². The summed E-state index contributed by atoms with van der Waals surface area (Å²) in [6.07, 6.45) is 0.467. The first kappa shape index (κ1) is 14.3. The highest BCUT2D eigenvalue weighted by atomic mass is 35.5. The van der Waals surface area contributed by atoms with Gasteiger partial charge in [-0.1, -0.05) is 30.3 Å². The predicted octanol–water partition coefficient (Wildman–Crippen LogP) is 2.34. The fraction of sp³-hybridized carbons (Fsp3) is 0.600. The van der Waals surface area contributed by atoms with Gasteiger partial charge in [-0.25, -0.2) is 0 Å². The van der Waals surface area contributed by atoms with Crippen LogP contribution in [0.4, 0.5) is 0 Å². The number of methoxy groups -OCH3 is 1.